The highest BCUT2D eigenvalue weighted by atomic mass is 31.2. The number of phosphoric ester groups is 1. The highest BCUT2D eigenvalue weighted by Crippen LogP contribution is 2.49. The molecule has 0 fully saturated rings. The number of phosphoric acid groups is 1. The predicted molar refractivity (Wildman–Crippen MR) is 158 cm³/mol. The highest BCUT2D eigenvalue weighted by molar-refractivity contribution is 7.47. The first-order valence-corrected chi connectivity index (χ1v) is 16.5. The molecule has 1 aromatic rings. The van der Waals surface area contributed by atoms with Gasteiger partial charge in [-0.05, 0) is 17.4 Å². The Morgan fingerprint density at radius 2 is 1.24 bits per heavy atom. The summed E-state index contributed by atoms with van der Waals surface area (Å²) in [5, 5.41) is 18.7. The molecule has 2 atom stereocenters. The van der Waals surface area contributed by atoms with Crippen LogP contribution in [-0.2, 0) is 13.6 Å². The molecule has 0 bridgehead atoms. The van der Waals surface area contributed by atoms with Gasteiger partial charge in [-0.2, -0.15) is 0 Å². The fourth-order valence-corrected chi connectivity index (χ4v) is 5.41. The van der Waals surface area contributed by atoms with E-state index >= 15 is 0 Å². The van der Waals surface area contributed by atoms with Gasteiger partial charge >= 0.3 is 14.9 Å². The number of likely N-dealkylation sites (N-methyl/N-ethyl adjacent to an activating group) is 1. The van der Waals surface area contributed by atoms with Crippen LogP contribution in [0.5, 0.6) is 0 Å². The van der Waals surface area contributed by atoms with Crippen molar-refractivity contribution in [2.75, 3.05) is 34.3 Å². The smallest absolute Gasteiger partial charge is 0.423 e. The van der Waals surface area contributed by atoms with Crippen molar-refractivity contribution in [2.45, 2.75) is 116 Å². The lowest BCUT2D eigenvalue weighted by Gasteiger charge is -2.25. The van der Waals surface area contributed by atoms with Crippen molar-refractivity contribution in [2.24, 2.45) is 0 Å². The first-order valence-electron chi connectivity index (χ1n) is 15.0. The van der Waals surface area contributed by atoms with E-state index < -0.39 is 21.0 Å². The molecule has 2 unspecified atom stereocenters. The normalized spacial score (nSPS) is 14.4. The Morgan fingerprint density at radius 1 is 0.789 bits per heavy atom. The van der Waals surface area contributed by atoms with Crippen molar-refractivity contribution < 1.29 is 33.0 Å². The van der Waals surface area contributed by atoms with Gasteiger partial charge < -0.3 is 19.4 Å². The van der Waals surface area contributed by atoms with E-state index in [1.807, 2.05) is 21.1 Å². The molecule has 0 spiro atoms. The van der Waals surface area contributed by atoms with Gasteiger partial charge in [0.2, 0.25) is 0 Å². The minimum atomic E-state index is -4.23. The average Bonchev–Trinajstić information content (AvgIpc) is 2.84. The third kappa shape index (κ3) is 18.5. The molecule has 0 aromatic heterocycles. The zero-order chi connectivity index (χ0) is 28.3. The number of hydrogen-bond acceptors (Lipinski definition) is 5. The summed E-state index contributed by atoms with van der Waals surface area (Å²) < 4.78 is 24.1. The second kappa shape index (κ2) is 20.2. The third-order valence-corrected chi connectivity index (χ3v) is 7.98. The van der Waals surface area contributed by atoms with E-state index in [4.69, 9.17) is 9.05 Å². The van der Waals surface area contributed by atoms with Crippen molar-refractivity contribution in [3.63, 3.8) is 0 Å². The Morgan fingerprint density at radius 3 is 1.66 bits per heavy atom. The van der Waals surface area contributed by atoms with Crippen molar-refractivity contribution >= 4 is 20.4 Å². The van der Waals surface area contributed by atoms with Crippen LogP contribution >= 0.6 is 7.82 Å². The molecule has 7 nitrogen and oxygen atoms in total. The Balaban J connectivity index is 2.36. The minimum absolute atomic E-state index is 0.124. The van der Waals surface area contributed by atoms with Gasteiger partial charge in [0.15, 0.2) is 0 Å². The van der Waals surface area contributed by atoms with Crippen LogP contribution in [0, 0.1) is 0 Å². The van der Waals surface area contributed by atoms with Crippen molar-refractivity contribution in [3.8, 4) is 0 Å². The van der Waals surface area contributed by atoms with Crippen LogP contribution in [0.4, 0.5) is 0 Å². The maximum Gasteiger partial charge on any atom is 0.488 e. The monoisotopic (exact) mass is 556 g/mol. The first-order chi connectivity index (χ1) is 18.0. The second-order valence-corrected chi connectivity index (χ2v) is 13.1. The summed E-state index contributed by atoms with van der Waals surface area (Å²) >= 11 is 0. The molecular formula is C29H56BNO6P+. The predicted octanol–water partition coefficient (Wildman–Crippen LogP) is 6.51. The fourth-order valence-electron chi connectivity index (χ4n) is 4.49. The standard InChI is InChI=1S/C29H55BNO6P/c1-5-6-7-8-9-10-11-12-13-14-15-16-17-18-19-20-29(27-21-23-28(24-22-27)30(32)33)37-38(34,35)36-26-25-31(2,3)4/h21-24,29,32-33H,5-20,25-26H2,1-4H3/p+1. The van der Waals surface area contributed by atoms with Gasteiger partial charge in [0.1, 0.15) is 13.2 Å². The van der Waals surface area contributed by atoms with E-state index in [1.165, 1.54) is 77.0 Å². The number of benzene rings is 1. The molecule has 9 heteroatoms. The summed E-state index contributed by atoms with van der Waals surface area (Å²) in [6.45, 7) is 2.97. The summed E-state index contributed by atoms with van der Waals surface area (Å²) in [4.78, 5) is 10.3. The molecule has 0 heterocycles. The minimum Gasteiger partial charge on any atom is -0.423 e. The Hall–Kier alpha value is -0.725. The van der Waals surface area contributed by atoms with Crippen LogP contribution in [0.25, 0.3) is 0 Å². The quantitative estimate of drug-likeness (QED) is 0.0582. The molecule has 0 amide bonds. The van der Waals surface area contributed by atoms with E-state index in [0.717, 1.165) is 24.8 Å². The van der Waals surface area contributed by atoms with E-state index in [0.29, 0.717) is 22.9 Å². The van der Waals surface area contributed by atoms with Gasteiger partial charge in [0, 0.05) is 0 Å². The highest BCUT2D eigenvalue weighted by Gasteiger charge is 2.28. The van der Waals surface area contributed by atoms with E-state index in [1.54, 1.807) is 24.3 Å². The molecule has 38 heavy (non-hydrogen) atoms. The Bertz CT molecular complexity index is 756. The van der Waals surface area contributed by atoms with Gasteiger partial charge in [-0.1, -0.05) is 128 Å². The molecule has 0 aliphatic rings. The first kappa shape index (κ1) is 35.3. The topological polar surface area (TPSA) is 96.2 Å². The number of hydrogen-bond donors (Lipinski definition) is 3. The summed E-state index contributed by atoms with van der Waals surface area (Å²) in [5.74, 6) is 0. The number of nitrogens with zero attached hydrogens (tertiary/aromatic N) is 1. The van der Waals surface area contributed by atoms with Crippen molar-refractivity contribution in [1.82, 2.24) is 0 Å². The zero-order valence-corrected chi connectivity index (χ0v) is 25.5. The van der Waals surface area contributed by atoms with E-state index in [-0.39, 0.29) is 6.61 Å². The van der Waals surface area contributed by atoms with Crippen molar-refractivity contribution in [3.05, 3.63) is 29.8 Å². The summed E-state index contributed by atoms with van der Waals surface area (Å²) in [6.07, 6.45) is 19.2. The van der Waals surface area contributed by atoms with Gasteiger partial charge in [0.05, 0.1) is 27.2 Å². The summed E-state index contributed by atoms with van der Waals surface area (Å²) in [7, 11) is 0.183. The van der Waals surface area contributed by atoms with E-state index in [2.05, 4.69) is 6.92 Å². The van der Waals surface area contributed by atoms with Crippen LogP contribution in [-0.4, -0.2) is 60.8 Å². The largest absolute Gasteiger partial charge is 0.488 e. The van der Waals surface area contributed by atoms with Crippen LogP contribution in [0.3, 0.4) is 0 Å². The van der Waals surface area contributed by atoms with Crippen LogP contribution in [0.15, 0.2) is 24.3 Å². The average molecular weight is 557 g/mol. The van der Waals surface area contributed by atoms with Gasteiger partial charge in [-0.3, -0.25) is 9.05 Å². The van der Waals surface area contributed by atoms with Crippen LogP contribution < -0.4 is 5.46 Å². The maximum atomic E-state index is 12.6. The molecule has 0 aliphatic heterocycles. The lowest BCUT2D eigenvalue weighted by molar-refractivity contribution is -0.870. The molecule has 0 radical (unpaired) electrons. The molecule has 220 valence electrons. The van der Waals surface area contributed by atoms with Crippen LogP contribution in [0.1, 0.15) is 121 Å². The Labute approximate surface area is 233 Å². The molecule has 1 rings (SSSR count). The number of quaternary nitrogens is 1. The number of unbranched alkanes of at least 4 members (excludes halogenated alkanes) is 14. The van der Waals surface area contributed by atoms with Crippen molar-refractivity contribution in [1.29, 1.82) is 0 Å². The summed E-state index contributed by atoms with van der Waals surface area (Å²) in [6, 6.07) is 6.64. The van der Waals surface area contributed by atoms with Crippen LogP contribution in [0.2, 0.25) is 0 Å². The lowest BCUT2D eigenvalue weighted by Crippen LogP contribution is -2.37. The molecule has 0 aliphatic carbocycles. The van der Waals surface area contributed by atoms with E-state index in [9.17, 15) is 19.5 Å². The lowest BCUT2D eigenvalue weighted by atomic mass is 9.80. The number of rotatable bonds is 24. The maximum absolute atomic E-state index is 12.6. The third-order valence-electron chi connectivity index (χ3n) is 6.95. The molecule has 1 aromatic carbocycles. The van der Waals surface area contributed by atoms with Gasteiger partial charge in [-0.25, -0.2) is 4.57 Å². The molecule has 0 saturated carbocycles. The summed E-state index contributed by atoms with van der Waals surface area (Å²) in [5.41, 5.74) is 1.09. The van der Waals surface area contributed by atoms with Gasteiger partial charge in [0.25, 0.3) is 0 Å². The Kier molecular flexibility index (Phi) is 18.8. The van der Waals surface area contributed by atoms with Gasteiger partial charge in [-0.15, -0.1) is 0 Å². The molecule has 3 N–H and O–H groups in total. The second-order valence-electron chi connectivity index (χ2n) is 11.7. The molecule has 0 saturated heterocycles. The molecular weight excluding hydrogens is 500 g/mol. The fraction of sp³-hybridized carbons (Fsp3) is 0.793. The zero-order valence-electron chi connectivity index (χ0n) is 24.7. The SMILES string of the molecule is CCCCCCCCCCCCCCCCCC(OP(=O)(O)OCC[N+](C)(C)C)c1ccc(B(O)O)cc1.